The van der Waals surface area contributed by atoms with Gasteiger partial charge in [0.25, 0.3) is 0 Å². The lowest BCUT2D eigenvalue weighted by molar-refractivity contribution is 0.0470. The van der Waals surface area contributed by atoms with Crippen molar-refractivity contribution >= 4 is 0 Å². The first-order valence-electron chi connectivity index (χ1n) is 5.59. The third kappa shape index (κ3) is 3.74. The zero-order valence-corrected chi connectivity index (χ0v) is 11.1. The average molecular weight is 196 g/mol. The van der Waals surface area contributed by atoms with E-state index in [2.05, 4.69) is 61.3 Å². The molecular weight excluding hydrogens is 168 g/mol. The lowest BCUT2D eigenvalue weighted by atomic mass is 9.60. The molecule has 0 aliphatic rings. The molecule has 0 aliphatic heterocycles. The quantitative estimate of drug-likeness (QED) is 0.569. The van der Waals surface area contributed by atoms with Crippen LogP contribution in [0.3, 0.4) is 0 Å². The van der Waals surface area contributed by atoms with Gasteiger partial charge in [0.05, 0.1) is 0 Å². The van der Waals surface area contributed by atoms with Crippen molar-refractivity contribution < 1.29 is 0 Å². The molecule has 0 N–H and O–H groups in total. The number of hydrogen-bond donors (Lipinski definition) is 0. The molecule has 84 valence electrons. The fourth-order valence-corrected chi connectivity index (χ4v) is 1.73. The van der Waals surface area contributed by atoms with Crippen LogP contribution in [0.5, 0.6) is 0 Å². The largest absolute Gasteiger partial charge is 0.124 e. The maximum Gasteiger partial charge on any atom is -0.0280 e. The second-order valence-corrected chi connectivity index (χ2v) is 5.51. The van der Waals surface area contributed by atoms with Gasteiger partial charge in [-0.05, 0) is 23.2 Å². The Morgan fingerprint density at radius 2 is 1.36 bits per heavy atom. The van der Waals surface area contributed by atoms with Gasteiger partial charge in [0.15, 0.2) is 0 Å². The summed E-state index contributed by atoms with van der Waals surface area (Å²) in [6, 6.07) is 0. The highest BCUT2D eigenvalue weighted by atomic mass is 14.4. The molecule has 0 aliphatic carbocycles. The SMILES string of the molecule is C#C.CCCC(C)(C)C(C)(C)C(C)C. The van der Waals surface area contributed by atoms with E-state index in [1.807, 2.05) is 0 Å². The van der Waals surface area contributed by atoms with E-state index in [-0.39, 0.29) is 0 Å². The van der Waals surface area contributed by atoms with E-state index in [9.17, 15) is 0 Å². The smallest absolute Gasteiger partial charge is 0.0280 e. The standard InChI is InChI=1S/C12H26.C2H2/c1-8-9-11(4,5)12(6,7)10(2)3;1-2/h10H,8-9H2,1-7H3;1-2H. The highest BCUT2D eigenvalue weighted by Crippen LogP contribution is 2.46. The van der Waals surface area contributed by atoms with E-state index >= 15 is 0 Å². The van der Waals surface area contributed by atoms with Crippen LogP contribution in [0.25, 0.3) is 0 Å². The first-order valence-corrected chi connectivity index (χ1v) is 5.59. The van der Waals surface area contributed by atoms with E-state index in [1.165, 1.54) is 12.8 Å². The minimum atomic E-state index is 0.447. The highest BCUT2D eigenvalue weighted by Gasteiger charge is 2.38. The van der Waals surface area contributed by atoms with Crippen LogP contribution in [0.1, 0.15) is 61.3 Å². The van der Waals surface area contributed by atoms with Gasteiger partial charge in [0.2, 0.25) is 0 Å². The maximum atomic E-state index is 4.00. The van der Waals surface area contributed by atoms with Crippen molar-refractivity contribution in [2.75, 3.05) is 0 Å². The molecule has 0 saturated carbocycles. The molecule has 0 heterocycles. The third-order valence-electron chi connectivity index (χ3n) is 4.06. The normalized spacial score (nSPS) is 12.1. The number of hydrogen-bond acceptors (Lipinski definition) is 0. The second kappa shape index (κ2) is 6.12. The van der Waals surface area contributed by atoms with Crippen molar-refractivity contribution in [1.29, 1.82) is 0 Å². The van der Waals surface area contributed by atoms with Crippen molar-refractivity contribution in [2.24, 2.45) is 16.7 Å². The first kappa shape index (κ1) is 16.0. The van der Waals surface area contributed by atoms with Gasteiger partial charge in [-0.2, -0.15) is 0 Å². The summed E-state index contributed by atoms with van der Waals surface area (Å²) in [7, 11) is 0. The van der Waals surface area contributed by atoms with Crippen LogP contribution in [0.15, 0.2) is 0 Å². The first-order chi connectivity index (χ1) is 6.25. The van der Waals surface area contributed by atoms with Gasteiger partial charge in [-0.15, -0.1) is 12.8 Å². The summed E-state index contributed by atoms with van der Waals surface area (Å²) in [4.78, 5) is 0. The lowest BCUT2D eigenvalue weighted by Gasteiger charge is -2.45. The fourth-order valence-electron chi connectivity index (χ4n) is 1.73. The summed E-state index contributed by atoms with van der Waals surface area (Å²) in [5, 5.41) is 0. The molecule has 0 nitrogen and oxygen atoms in total. The van der Waals surface area contributed by atoms with Crippen molar-refractivity contribution in [3.05, 3.63) is 0 Å². The van der Waals surface area contributed by atoms with Crippen LogP contribution in [0.4, 0.5) is 0 Å². The van der Waals surface area contributed by atoms with Crippen LogP contribution in [0, 0.1) is 29.6 Å². The van der Waals surface area contributed by atoms with Crippen molar-refractivity contribution in [3.8, 4) is 12.8 Å². The Hall–Kier alpha value is -0.440. The van der Waals surface area contributed by atoms with Crippen LogP contribution in [-0.2, 0) is 0 Å². The predicted octanol–water partition coefficient (Wildman–Crippen LogP) is 4.74. The Morgan fingerprint density at radius 3 is 1.57 bits per heavy atom. The summed E-state index contributed by atoms with van der Waals surface area (Å²) in [5.41, 5.74) is 0.916. The van der Waals surface area contributed by atoms with Crippen molar-refractivity contribution in [1.82, 2.24) is 0 Å². The zero-order valence-electron chi connectivity index (χ0n) is 11.1. The van der Waals surface area contributed by atoms with Crippen LogP contribution in [-0.4, -0.2) is 0 Å². The summed E-state index contributed by atoms with van der Waals surface area (Å²) < 4.78 is 0. The van der Waals surface area contributed by atoms with Gasteiger partial charge in [-0.1, -0.05) is 54.9 Å². The van der Waals surface area contributed by atoms with Gasteiger partial charge >= 0.3 is 0 Å². The molecule has 0 spiro atoms. The van der Waals surface area contributed by atoms with E-state index in [0.29, 0.717) is 10.8 Å². The summed E-state index contributed by atoms with van der Waals surface area (Å²) in [6.45, 7) is 16.5. The molecule has 0 bridgehead atoms. The maximum absolute atomic E-state index is 4.00. The minimum absolute atomic E-state index is 0.447. The average Bonchev–Trinajstić information content (AvgIpc) is 2.07. The second-order valence-electron chi connectivity index (χ2n) is 5.51. The third-order valence-corrected chi connectivity index (χ3v) is 4.06. The summed E-state index contributed by atoms with van der Waals surface area (Å²) in [6.07, 6.45) is 10.6. The predicted molar refractivity (Wildman–Crippen MR) is 67.2 cm³/mol. The summed E-state index contributed by atoms with van der Waals surface area (Å²) >= 11 is 0. The van der Waals surface area contributed by atoms with Crippen molar-refractivity contribution in [3.63, 3.8) is 0 Å². The molecule has 0 rings (SSSR count). The Balaban J connectivity index is 0. The lowest BCUT2D eigenvalue weighted by Crippen LogP contribution is -2.36. The molecule has 0 unspecified atom stereocenters. The molecule has 0 aromatic heterocycles. The molecule has 0 atom stereocenters. The van der Waals surface area contributed by atoms with Gasteiger partial charge in [-0.3, -0.25) is 0 Å². The molecular formula is C14H28. The zero-order chi connectivity index (χ0) is 12.0. The van der Waals surface area contributed by atoms with E-state index in [4.69, 9.17) is 0 Å². The monoisotopic (exact) mass is 196 g/mol. The number of terminal acetylenes is 1. The minimum Gasteiger partial charge on any atom is -0.124 e. The Bertz CT molecular complexity index is 158. The Kier molecular flexibility index (Phi) is 7.00. The van der Waals surface area contributed by atoms with Gasteiger partial charge < -0.3 is 0 Å². The van der Waals surface area contributed by atoms with E-state index < -0.39 is 0 Å². The van der Waals surface area contributed by atoms with E-state index in [1.54, 1.807) is 0 Å². The molecule has 0 saturated heterocycles. The highest BCUT2D eigenvalue weighted by molar-refractivity contribution is 4.87. The molecule has 0 heteroatoms. The Morgan fingerprint density at radius 1 is 1.00 bits per heavy atom. The van der Waals surface area contributed by atoms with Gasteiger partial charge in [0, 0.05) is 0 Å². The molecule has 14 heavy (non-hydrogen) atoms. The molecule has 0 fully saturated rings. The van der Waals surface area contributed by atoms with E-state index in [0.717, 1.165) is 5.92 Å². The summed E-state index contributed by atoms with van der Waals surface area (Å²) in [5.74, 6) is 0.763. The fraction of sp³-hybridized carbons (Fsp3) is 0.857. The topological polar surface area (TPSA) is 0 Å². The molecule has 0 amide bonds. The van der Waals surface area contributed by atoms with Crippen LogP contribution in [0.2, 0.25) is 0 Å². The Labute approximate surface area is 91.5 Å². The van der Waals surface area contributed by atoms with Gasteiger partial charge in [0.1, 0.15) is 0 Å². The van der Waals surface area contributed by atoms with Crippen LogP contribution < -0.4 is 0 Å². The van der Waals surface area contributed by atoms with Crippen molar-refractivity contribution in [2.45, 2.75) is 61.3 Å². The van der Waals surface area contributed by atoms with Crippen LogP contribution >= 0.6 is 0 Å². The van der Waals surface area contributed by atoms with Gasteiger partial charge in [-0.25, -0.2) is 0 Å². The molecule has 0 aromatic carbocycles. The number of rotatable bonds is 4. The molecule has 0 radical (unpaired) electrons. The molecule has 0 aromatic rings.